The van der Waals surface area contributed by atoms with Gasteiger partial charge in [-0.3, -0.25) is 0 Å². The first-order valence-electron chi connectivity index (χ1n) is 4.29. The molecule has 0 radical (unpaired) electrons. The molecule has 1 heterocycles. The number of methoxy groups -OCH3 is 2. The van der Waals surface area contributed by atoms with Gasteiger partial charge < -0.3 is 14.2 Å². The normalized spacial score (nSPS) is 19.2. The summed E-state index contributed by atoms with van der Waals surface area (Å²) in [5, 5.41) is 0. The molecule has 1 unspecified atom stereocenters. The predicted octanol–water partition coefficient (Wildman–Crippen LogP) is 2.54. The van der Waals surface area contributed by atoms with E-state index in [4.69, 9.17) is 14.2 Å². The number of hydrogen-bond acceptors (Lipinski definition) is 3. The van der Waals surface area contributed by atoms with Gasteiger partial charge in [-0.05, 0) is 12.1 Å². The molecule has 14 heavy (non-hydrogen) atoms. The van der Waals surface area contributed by atoms with Gasteiger partial charge in [0.05, 0.1) is 20.8 Å². The Balaban J connectivity index is 2.42. The highest BCUT2D eigenvalue weighted by Crippen LogP contribution is 2.41. The summed E-state index contributed by atoms with van der Waals surface area (Å²) in [5.74, 6) is 1.46. The number of ether oxygens (including phenoxy) is 3. The van der Waals surface area contributed by atoms with Crippen LogP contribution in [-0.4, -0.2) is 20.8 Å². The first kappa shape index (κ1) is 9.80. The van der Waals surface area contributed by atoms with Crippen LogP contribution in [-0.2, 0) is 4.74 Å². The molecular formula is C10H11BrO3. The Morgan fingerprint density at radius 1 is 1.29 bits per heavy atom. The number of rotatable bonds is 3. The van der Waals surface area contributed by atoms with Gasteiger partial charge in [0.15, 0.2) is 11.5 Å². The van der Waals surface area contributed by atoms with Gasteiger partial charge in [-0.15, -0.1) is 0 Å². The average Bonchev–Trinajstić information content (AvgIpc) is 3.01. The SMILES string of the molecule is COc1cc(Br)c(C2CO2)cc1OC. The summed E-state index contributed by atoms with van der Waals surface area (Å²) in [7, 11) is 3.25. The first-order chi connectivity index (χ1) is 6.76. The fourth-order valence-electron chi connectivity index (χ4n) is 1.34. The average molecular weight is 259 g/mol. The summed E-state index contributed by atoms with van der Waals surface area (Å²) < 4.78 is 16.6. The summed E-state index contributed by atoms with van der Waals surface area (Å²) in [6.45, 7) is 0.786. The highest BCUT2D eigenvalue weighted by molar-refractivity contribution is 9.10. The maximum Gasteiger partial charge on any atom is 0.161 e. The quantitative estimate of drug-likeness (QED) is 0.781. The van der Waals surface area contributed by atoms with Crippen LogP contribution in [0.3, 0.4) is 0 Å². The Labute approximate surface area is 91.1 Å². The van der Waals surface area contributed by atoms with Gasteiger partial charge in [0.2, 0.25) is 0 Å². The van der Waals surface area contributed by atoms with Gasteiger partial charge in [-0.1, -0.05) is 15.9 Å². The molecule has 1 aliphatic heterocycles. The topological polar surface area (TPSA) is 31.0 Å². The van der Waals surface area contributed by atoms with Crippen LogP contribution in [0.4, 0.5) is 0 Å². The van der Waals surface area contributed by atoms with Crippen LogP contribution in [0, 0.1) is 0 Å². The van der Waals surface area contributed by atoms with Crippen molar-refractivity contribution in [1.29, 1.82) is 0 Å². The third kappa shape index (κ3) is 1.72. The van der Waals surface area contributed by atoms with Crippen LogP contribution in [0.1, 0.15) is 11.7 Å². The molecule has 0 N–H and O–H groups in total. The zero-order valence-corrected chi connectivity index (χ0v) is 9.63. The Kier molecular flexibility index (Phi) is 2.65. The largest absolute Gasteiger partial charge is 0.493 e. The van der Waals surface area contributed by atoms with Crippen molar-refractivity contribution in [3.05, 3.63) is 22.2 Å². The van der Waals surface area contributed by atoms with Gasteiger partial charge >= 0.3 is 0 Å². The molecule has 1 aromatic carbocycles. The lowest BCUT2D eigenvalue weighted by Crippen LogP contribution is -1.93. The van der Waals surface area contributed by atoms with E-state index >= 15 is 0 Å². The molecule has 0 saturated carbocycles. The molecule has 4 heteroatoms. The van der Waals surface area contributed by atoms with Gasteiger partial charge in [0.25, 0.3) is 0 Å². The number of epoxide rings is 1. The summed E-state index contributed by atoms with van der Waals surface area (Å²) >= 11 is 3.48. The second kappa shape index (κ2) is 3.79. The number of hydrogen-bond donors (Lipinski definition) is 0. The highest BCUT2D eigenvalue weighted by atomic mass is 79.9. The van der Waals surface area contributed by atoms with Gasteiger partial charge in [0, 0.05) is 10.0 Å². The Bertz CT molecular complexity index is 347. The van der Waals surface area contributed by atoms with Crippen molar-refractivity contribution in [2.45, 2.75) is 6.10 Å². The van der Waals surface area contributed by atoms with Crippen LogP contribution >= 0.6 is 15.9 Å². The van der Waals surface area contributed by atoms with Crippen LogP contribution in [0.25, 0.3) is 0 Å². The van der Waals surface area contributed by atoms with Crippen LogP contribution < -0.4 is 9.47 Å². The molecule has 1 saturated heterocycles. The molecular weight excluding hydrogens is 248 g/mol. The van der Waals surface area contributed by atoms with Gasteiger partial charge in [-0.2, -0.15) is 0 Å². The highest BCUT2D eigenvalue weighted by Gasteiger charge is 2.28. The van der Waals surface area contributed by atoms with E-state index in [-0.39, 0.29) is 6.10 Å². The zero-order valence-electron chi connectivity index (χ0n) is 8.04. The van der Waals surface area contributed by atoms with Crippen LogP contribution in [0.2, 0.25) is 0 Å². The van der Waals surface area contributed by atoms with E-state index in [0.717, 1.165) is 28.1 Å². The lowest BCUT2D eigenvalue weighted by atomic mass is 10.1. The van der Waals surface area contributed by atoms with Crippen molar-refractivity contribution in [3.63, 3.8) is 0 Å². The molecule has 1 aromatic rings. The van der Waals surface area contributed by atoms with E-state index in [1.807, 2.05) is 12.1 Å². The summed E-state index contributed by atoms with van der Waals surface area (Å²) in [5.41, 5.74) is 1.11. The Morgan fingerprint density at radius 3 is 2.36 bits per heavy atom. The third-order valence-corrected chi connectivity index (χ3v) is 2.87. The maximum absolute atomic E-state index is 5.22. The molecule has 0 amide bonds. The monoisotopic (exact) mass is 258 g/mol. The predicted molar refractivity (Wildman–Crippen MR) is 55.9 cm³/mol. The zero-order chi connectivity index (χ0) is 10.1. The molecule has 0 bridgehead atoms. The van der Waals surface area contributed by atoms with E-state index < -0.39 is 0 Å². The minimum absolute atomic E-state index is 0.212. The summed E-state index contributed by atoms with van der Waals surface area (Å²) in [6, 6.07) is 3.84. The molecule has 1 fully saturated rings. The standard InChI is InChI=1S/C10H11BrO3/c1-12-8-3-6(10-5-14-10)7(11)4-9(8)13-2/h3-4,10H,5H2,1-2H3. The van der Waals surface area contributed by atoms with E-state index in [2.05, 4.69) is 15.9 Å². The lowest BCUT2D eigenvalue weighted by molar-refractivity contribution is 0.353. The molecule has 0 aliphatic carbocycles. The fourth-order valence-corrected chi connectivity index (χ4v) is 1.92. The minimum Gasteiger partial charge on any atom is -0.493 e. The minimum atomic E-state index is 0.212. The fraction of sp³-hybridized carbons (Fsp3) is 0.400. The summed E-state index contributed by atoms with van der Waals surface area (Å²) in [6.07, 6.45) is 0.212. The van der Waals surface area contributed by atoms with Crippen molar-refractivity contribution >= 4 is 15.9 Å². The molecule has 1 aliphatic rings. The smallest absolute Gasteiger partial charge is 0.161 e. The molecule has 3 nitrogen and oxygen atoms in total. The Hall–Kier alpha value is -0.740. The number of benzene rings is 1. The van der Waals surface area contributed by atoms with E-state index in [1.165, 1.54) is 0 Å². The second-order valence-corrected chi connectivity index (χ2v) is 3.91. The third-order valence-electron chi connectivity index (χ3n) is 2.18. The van der Waals surface area contributed by atoms with Crippen molar-refractivity contribution in [1.82, 2.24) is 0 Å². The van der Waals surface area contributed by atoms with Crippen molar-refractivity contribution in [2.75, 3.05) is 20.8 Å². The number of halogens is 1. The molecule has 76 valence electrons. The van der Waals surface area contributed by atoms with Gasteiger partial charge in [-0.25, -0.2) is 0 Å². The van der Waals surface area contributed by atoms with Crippen molar-refractivity contribution < 1.29 is 14.2 Å². The van der Waals surface area contributed by atoms with Gasteiger partial charge in [0.1, 0.15) is 6.10 Å². The molecule has 0 spiro atoms. The maximum atomic E-state index is 5.22. The Morgan fingerprint density at radius 2 is 1.86 bits per heavy atom. The molecule has 1 atom stereocenters. The second-order valence-electron chi connectivity index (χ2n) is 3.05. The van der Waals surface area contributed by atoms with E-state index in [1.54, 1.807) is 14.2 Å². The summed E-state index contributed by atoms with van der Waals surface area (Å²) in [4.78, 5) is 0. The van der Waals surface area contributed by atoms with E-state index in [9.17, 15) is 0 Å². The van der Waals surface area contributed by atoms with Crippen LogP contribution in [0.15, 0.2) is 16.6 Å². The van der Waals surface area contributed by atoms with Crippen LogP contribution in [0.5, 0.6) is 11.5 Å². The van der Waals surface area contributed by atoms with E-state index in [0.29, 0.717) is 0 Å². The first-order valence-corrected chi connectivity index (χ1v) is 5.08. The lowest BCUT2D eigenvalue weighted by Gasteiger charge is -2.10. The van der Waals surface area contributed by atoms with Crippen molar-refractivity contribution in [3.8, 4) is 11.5 Å². The molecule has 0 aromatic heterocycles. The molecule has 2 rings (SSSR count). The van der Waals surface area contributed by atoms with Crippen molar-refractivity contribution in [2.24, 2.45) is 0 Å².